The lowest BCUT2D eigenvalue weighted by Crippen LogP contribution is -2.40. The van der Waals surface area contributed by atoms with Gasteiger partial charge < -0.3 is 9.53 Å². The summed E-state index contributed by atoms with van der Waals surface area (Å²) < 4.78 is 5.68. The van der Waals surface area contributed by atoms with E-state index in [1.54, 1.807) is 13.8 Å². The van der Waals surface area contributed by atoms with Gasteiger partial charge in [0, 0.05) is 18.4 Å². The van der Waals surface area contributed by atoms with Gasteiger partial charge in [-0.1, -0.05) is 30.3 Å². The molecule has 0 aliphatic carbocycles. The molecule has 0 unspecified atom stereocenters. The predicted octanol–water partition coefficient (Wildman–Crippen LogP) is 2.62. The molecule has 0 amide bonds. The molecule has 0 N–H and O–H groups in total. The number of hydrogen-bond acceptors (Lipinski definition) is 3. The van der Waals surface area contributed by atoms with E-state index in [0.717, 1.165) is 11.8 Å². The van der Waals surface area contributed by atoms with Crippen LogP contribution in [0.25, 0.3) is 0 Å². The molecule has 0 radical (unpaired) electrons. The number of benzene rings is 1. The van der Waals surface area contributed by atoms with Crippen LogP contribution in [0.3, 0.4) is 0 Å². The highest BCUT2D eigenvalue weighted by atomic mass is 16.5. The largest absolute Gasteiger partial charge is 0.483 e. The first-order valence-electron chi connectivity index (χ1n) is 5.98. The van der Waals surface area contributed by atoms with Gasteiger partial charge in [-0.2, -0.15) is 0 Å². The fourth-order valence-corrected chi connectivity index (χ4v) is 2.45. The molecule has 18 heavy (non-hydrogen) atoms. The first-order valence-corrected chi connectivity index (χ1v) is 5.98. The van der Waals surface area contributed by atoms with Gasteiger partial charge in [0.25, 0.3) is 0 Å². The summed E-state index contributed by atoms with van der Waals surface area (Å²) in [5, 5.41) is 0. The van der Waals surface area contributed by atoms with Crippen LogP contribution in [0.15, 0.2) is 42.2 Å². The Hall–Kier alpha value is -1.90. The molecule has 0 aromatic heterocycles. The molecule has 0 saturated carbocycles. The van der Waals surface area contributed by atoms with Gasteiger partial charge in [0.15, 0.2) is 5.60 Å². The van der Waals surface area contributed by atoms with Crippen LogP contribution >= 0.6 is 0 Å². The zero-order chi connectivity index (χ0) is 13.2. The molecule has 0 fully saturated rings. The van der Waals surface area contributed by atoms with Crippen molar-refractivity contribution in [3.05, 3.63) is 47.7 Å². The average Bonchev–Trinajstić information content (AvgIpc) is 2.61. The number of hydrogen-bond donors (Lipinski definition) is 0. The Kier molecular flexibility index (Phi) is 3.32. The Balaban J connectivity index is 2.38. The third-order valence-electron chi connectivity index (χ3n) is 3.40. The SMILES string of the molecule is CC1=CC(=O)[C@@](C)([C@@H](CC=O)c2ccccc2)O1. The molecule has 2 atom stereocenters. The van der Waals surface area contributed by atoms with Crippen LogP contribution in [0.2, 0.25) is 0 Å². The summed E-state index contributed by atoms with van der Waals surface area (Å²) in [5.74, 6) is 0.280. The van der Waals surface area contributed by atoms with Gasteiger partial charge in [-0.25, -0.2) is 0 Å². The van der Waals surface area contributed by atoms with E-state index >= 15 is 0 Å². The van der Waals surface area contributed by atoms with Gasteiger partial charge in [0.2, 0.25) is 5.78 Å². The van der Waals surface area contributed by atoms with Crippen molar-refractivity contribution in [1.29, 1.82) is 0 Å². The van der Waals surface area contributed by atoms with Crippen LogP contribution in [0.5, 0.6) is 0 Å². The molecule has 3 nitrogen and oxygen atoms in total. The highest BCUT2D eigenvalue weighted by Crippen LogP contribution is 2.39. The fraction of sp³-hybridized carbons (Fsp3) is 0.333. The summed E-state index contributed by atoms with van der Waals surface area (Å²) in [4.78, 5) is 23.0. The molecule has 2 rings (SSSR count). The van der Waals surface area contributed by atoms with Crippen LogP contribution in [0, 0.1) is 0 Å². The maximum atomic E-state index is 12.1. The Bertz CT molecular complexity index is 490. The van der Waals surface area contributed by atoms with Crippen LogP contribution in [-0.4, -0.2) is 17.7 Å². The lowest BCUT2D eigenvalue weighted by Gasteiger charge is -2.32. The summed E-state index contributed by atoms with van der Waals surface area (Å²) in [6.07, 6.45) is 2.61. The second-order valence-corrected chi connectivity index (χ2v) is 4.69. The summed E-state index contributed by atoms with van der Waals surface area (Å²) in [6, 6.07) is 9.55. The summed E-state index contributed by atoms with van der Waals surface area (Å²) in [5.41, 5.74) is -0.0182. The van der Waals surface area contributed by atoms with Crippen molar-refractivity contribution >= 4 is 12.1 Å². The number of ketones is 1. The smallest absolute Gasteiger partial charge is 0.202 e. The van der Waals surface area contributed by atoms with Gasteiger partial charge in [-0.3, -0.25) is 4.79 Å². The number of ether oxygens (including phenoxy) is 1. The Morgan fingerprint density at radius 1 is 1.33 bits per heavy atom. The summed E-state index contributed by atoms with van der Waals surface area (Å²) >= 11 is 0. The molecule has 1 heterocycles. The van der Waals surface area contributed by atoms with Crippen molar-refractivity contribution in [1.82, 2.24) is 0 Å². The van der Waals surface area contributed by atoms with E-state index in [9.17, 15) is 9.59 Å². The maximum Gasteiger partial charge on any atom is 0.202 e. The number of carbonyl (C=O) groups excluding carboxylic acids is 2. The van der Waals surface area contributed by atoms with Gasteiger partial charge in [-0.05, 0) is 19.4 Å². The van der Waals surface area contributed by atoms with E-state index in [0.29, 0.717) is 5.76 Å². The van der Waals surface area contributed by atoms with E-state index in [-0.39, 0.29) is 18.1 Å². The quantitative estimate of drug-likeness (QED) is 0.765. The van der Waals surface area contributed by atoms with E-state index < -0.39 is 5.60 Å². The molecule has 1 aliphatic rings. The zero-order valence-electron chi connectivity index (χ0n) is 10.6. The van der Waals surface area contributed by atoms with Crippen molar-refractivity contribution in [2.24, 2.45) is 0 Å². The standard InChI is InChI=1S/C15H16O3/c1-11-10-14(17)15(2,18-11)13(8-9-16)12-6-4-3-5-7-12/h3-7,9-10,13H,8H2,1-2H3/t13-,15+/m0/s1. The third kappa shape index (κ3) is 2.08. The average molecular weight is 244 g/mol. The van der Waals surface area contributed by atoms with Crippen molar-refractivity contribution in [3.8, 4) is 0 Å². The molecule has 0 bridgehead atoms. The molecule has 0 spiro atoms. The number of rotatable bonds is 4. The second-order valence-electron chi connectivity index (χ2n) is 4.69. The van der Waals surface area contributed by atoms with Gasteiger partial charge in [0.1, 0.15) is 6.29 Å². The minimum Gasteiger partial charge on any atom is -0.483 e. The van der Waals surface area contributed by atoms with Gasteiger partial charge >= 0.3 is 0 Å². The van der Waals surface area contributed by atoms with Crippen LogP contribution in [-0.2, 0) is 14.3 Å². The molecule has 0 saturated heterocycles. The molecule has 94 valence electrons. The Morgan fingerprint density at radius 2 is 2.00 bits per heavy atom. The lowest BCUT2D eigenvalue weighted by molar-refractivity contribution is -0.131. The highest BCUT2D eigenvalue weighted by Gasteiger charge is 2.46. The predicted molar refractivity (Wildman–Crippen MR) is 68.1 cm³/mol. The normalized spacial score (nSPS) is 24.3. The molecule has 3 heteroatoms. The molecular formula is C15H16O3. The van der Waals surface area contributed by atoms with Crippen LogP contribution < -0.4 is 0 Å². The molecule has 1 aromatic rings. The van der Waals surface area contributed by atoms with E-state index in [1.807, 2.05) is 30.3 Å². The van der Waals surface area contributed by atoms with Crippen molar-refractivity contribution in [3.63, 3.8) is 0 Å². The minimum atomic E-state index is -0.966. The topological polar surface area (TPSA) is 43.4 Å². The summed E-state index contributed by atoms with van der Waals surface area (Å²) in [7, 11) is 0. The van der Waals surface area contributed by atoms with Crippen molar-refractivity contribution < 1.29 is 14.3 Å². The van der Waals surface area contributed by atoms with E-state index in [1.165, 1.54) is 6.08 Å². The molecule has 1 aliphatic heterocycles. The van der Waals surface area contributed by atoms with E-state index in [4.69, 9.17) is 4.74 Å². The lowest BCUT2D eigenvalue weighted by atomic mass is 9.79. The number of aldehydes is 1. The number of carbonyl (C=O) groups is 2. The molecule has 1 aromatic carbocycles. The zero-order valence-corrected chi connectivity index (χ0v) is 10.6. The first-order chi connectivity index (χ1) is 8.58. The number of allylic oxidation sites excluding steroid dienone is 1. The van der Waals surface area contributed by atoms with E-state index in [2.05, 4.69) is 0 Å². The van der Waals surface area contributed by atoms with Gasteiger partial charge in [-0.15, -0.1) is 0 Å². The fourth-order valence-electron chi connectivity index (χ4n) is 2.45. The first kappa shape index (κ1) is 12.6. The monoisotopic (exact) mass is 244 g/mol. The molecular weight excluding hydrogens is 228 g/mol. The second kappa shape index (κ2) is 4.77. The van der Waals surface area contributed by atoms with Crippen molar-refractivity contribution in [2.75, 3.05) is 0 Å². The van der Waals surface area contributed by atoms with Crippen LogP contribution in [0.1, 0.15) is 31.7 Å². The minimum absolute atomic E-state index is 0.0734. The van der Waals surface area contributed by atoms with Gasteiger partial charge in [0.05, 0.1) is 5.76 Å². The Morgan fingerprint density at radius 3 is 2.50 bits per heavy atom. The van der Waals surface area contributed by atoms with Crippen LogP contribution in [0.4, 0.5) is 0 Å². The summed E-state index contributed by atoms with van der Waals surface area (Å²) in [6.45, 7) is 3.51. The third-order valence-corrected chi connectivity index (χ3v) is 3.40. The van der Waals surface area contributed by atoms with Crippen molar-refractivity contribution in [2.45, 2.75) is 31.8 Å². The highest BCUT2D eigenvalue weighted by molar-refractivity contribution is 6.00. The Labute approximate surface area is 106 Å². The maximum absolute atomic E-state index is 12.1.